The van der Waals surface area contributed by atoms with Crippen LogP contribution in [0.5, 0.6) is 0 Å². The number of aryl methyl sites for hydroxylation is 1. The Morgan fingerprint density at radius 2 is 1.59 bits per heavy atom. The molecule has 116 valence electrons. The van der Waals surface area contributed by atoms with E-state index in [1.54, 1.807) is 36.4 Å². The van der Waals surface area contributed by atoms with Crippen LogP contribution in [0.4, 0.5) is 0 Å². The van der Waals surface area contributed by atoms with Crippen LogP contribution in [0, 0.1) is 6.92 Å². The van der Waals surface area contributed by atoms with Crippen molar-refractivity contribution in [3.63, 3.8) is 0 Å². The minimum Gasteiger partial charge on any atom is -0.352 e. The molecule has 0 spiro atoms. The third-order valence-electron chi connectivity index (χ3n) is 3.36. The van der Waals surface area contributed by atoms with E-state index >= 15 is 0 Å². The molecule has 0 saturated carbocycles. The first-order valence-electron chi connectivity index (χ1n) is 7.00. The fourth-order valence-corrected chi connectivity index (χ4v) is 2.66. The van der Waals surface area contributed by atoms with Crippen molar-refractivity contribution in [2.24, 2.45) is 0 Å². The lowest BCUT2D eigenvalue weighted by Crippen LogP contribution is -2.25. The van der Waals surface area contributed by atoms with Crippen molar-refractivity contribution in [2.75, 3.05) is 12.8 Å². The van der Waals surface area contributed by atoms with Crippen molar-refractivity contribution in [1.29, 1.82) is 0 Å². The third-order valence-corrected chi connectivity index (χ3v) is 4.49. The predicted octanol–water partition coefficient (Wildman–Crippen LogP) is 2.37. The largest absolute Gasteiger partial charge is 0.352 e. The van der Waals surface area contributed by atoms with E-state index in [1.807, 2.05) is 19.1 Å². The summed E-state index contributed by atoms with van der Waals surface area (Å²) in [4.78, 5) is 12.2. The van der Waals surface area contributed by atoms with Gasteiger partial charge < -0.3 is 5.32 Å². The van der Waals surface area contributed by atoms with Gasteiger partial charge >= 0.3 is 0 Å². The average molecular weight is 317 g/mol. The summed E-state index contributed by atoms with van der Waals surface area (Å²) in [5.41, 5.74) is 2.73. The van der Waals surface area contributed by atoms with Crippen LogP contribution in [0.15, 0.2) is 53.4 Å². The van der Waals surface area contributed by atoms with Crippen LogP contribution in [-0.4, -0.2) is 27.1 Å². The minimum atomic E-state index is -3.16. The molecular weight excluding hydrogens is 298 g/mol. The van der Waals surface area contributed by atoms with Crippen molar-refractivity contribution in [3.8, 4) is 0 Å². The molecule has 0 aliphatic carbocycles. The van der Waals surface area contributed by atoms with Gasteiger partial charge in [-0.2, -0.15) is 0 Å². The molecule has 1 amide bonds. The van der Waals surface area contributed by atoms with Crippen molar-refractivity contribution < 1.29 is 13.2 Å². The van der Waals surface area contributed by atoms with Crippen molar-refractivity contribution in [1.82, 2.24) is 5.32 Å². The molecule has 0 bridgehead atoms. The number of amides is 1. The summed E-state index contributed by atoms with van der Waals surface area (Å²) < 4.78 is 22.7. The van der Waals surface area contributed by atoms with Crippen molar-refractivity contribution >= 4 is 15.7 Å². The normalized spacial score (nSPS) is 11.2. The molecule has 4 nitrogen and oxygen atoms in total. The number of hydrogen-bond acceptors (Lipinski definition) is 3. The third kappa shape index (κ3) is 4.43. The molecule has 2 rings (SSSR count). The van der Waals surface area contributed by atoms with E-state index < -0.39 is 9.84 Å². The number of hydrogen-bond donors (Lipinski definition) is 1. The maximum absolute atomic E-state index is 11.9. The summed E-state index contributed by atoms with van der Waals surface area (Å²) >= 11 is 0. The molecular formula is C17H19NO3S. The smallest absolute Gasteiger partial charge is 0.251 e. The van der Waals surface area contributed by atoms with Crippen LogP contribution in [-0.2, 0) is 16.3 Å². The van der Waals surface area contributed by atoms with E-state index in [-0.39, 0.29) is 5.91 Å². The highest BCUT2D eigenvalue weighted by molar-refractivity contribution is 7.90. The zero-order chi connectivity index (χ0) is 16.2. The van der Waals surface area contributed by atoms with Crippen LogP contribution >= 0.6 is 0 Å². The molecule has 0 fully saturated rings. The van der Waals surface area contributed by atoms with Gasteiger partial charge in [-0.15, -0.1) is 0 Å². The first-order valence-corrected chi connectivity index (χ1v) is 8.89. The van der Waals surface area contributed by atoms with E-state index in [4.69, 9.17) is 0 Å². The SMILES string of the molecule is Cc1ccc(C(=O)NCCc2ccc(S(C)(=O)=O)cc2)cc1. The second-order valence-electron chi connectivity index (χ2n) is 5.29. The minimum absolute atomic E-state index is 0.104. The summed E-state index contributed by atoms with van der Waals surface area (Å²) in [6, 6.07) is 14.1. The fraction of sp³-hybridized carbons (Fsp3) is 0.235. The van der Waals surface area contributed by atoms with Crippen LogP contribution in [0.1, 0.15) is 21.5 Å². The van der Waals surface area contributed by atoms with E-state index in [0.29, 0.717) is 23.4 Å². The van der Waals surface area contributed by atoms with E-state index in [1.165, 1.54) is 6.26 Å². The zero-order valence-electron chi connectivity index (χ0n) is 12.7. The first-order chi connectivity index (χ1) is 10.4. The van der Waals surface area contributed by atoms with Gasteiger partial charge in [0.15, 0.2) is 9.84 Å². The molecule has 0 heterocycles. The van der Waals surface area contributed by atoms with Gasteiger partial charge in [-0.3, -0.25) is 4.79 Å². The van der Waals surface area contributed by atoms with Gasteiger partial charge in [0.1, 0.15) is 0 Å². The zero-order valence-corrected chi connectivity index (χ0v) is 13.5. The highest BCUT2D eigenvalue weighted by atomic mass is 32.2. The molecule has 2 aromatic carbocycles. The Balaban J connectivity index is 1.88. The second-order valence-corrected chi connectivity index (χ2v) is 7.30. The standard InChI is InChI=1S/C17H19NO3S/c1-13-3-7-15(8-4-13)17(19)18-12-11-14-5-9-16(10-6-14)22(2,20)21/h3-10H,11-12H2,1-2H3,(H,18,19). The second kappa shape index (κ2) is 6.75. The summed E-state index contributed by atoms with van der Waals surface area (Å²) in [5, 5.41) is 2.85. The van der Waals surface area contributed by atoms with Crippen LogP contribution in [0.25, 0.3) is 0 Å². The molecule has 22 heavy (non-hydrogen) atoms. The lowest BCUT2D eigenvalue weighted by Gasteiger charge is -2.06. The molecule has 2 aromatic rings. The predicted molar refractivity (Wildman–Crippen MR) is 86.8 cm³/mol. The highest BCUT2D eigenvalue weighted by Crippen LogP contribution is 2.10. The highest BCUT2D eigenvalue weighted by Gasteiger charge is 2.07. The monoisotopic (exact) mass is 317 g/mol. The van der Waals surface area contributed by atoms with Gasteiger partial charge in [0, 0.05) is 18.4 Å². The van der Waals surface area contributed by atoms with Gasteiger partial charge in [-0.25, -0.2) is 8.42 Å². The number of nitrogens with one attached hydrogen (secondary N) is 1. The first kappa shape index (κ1) is 16.2. The Morgan fingerprint density at radius 1 is 1.00 bits per heavy atom. The van der Waals surface area contributed by atoms with Gasteiger partial charge in [0.2, 0.25) is 0 Å². The van der Waals surface area contributed by atoms with Gasteiger partial charge in [0.05, 0.1) is 4.90 Å². The van der Waals surface area contributed by atoms with Crippen LogP contribution < -0.4 is 5.32 Å². The molecule has 0 radical (unpaired) electrons. The molecule has 0 aromatic heterocycles. The lowest BCUT2D eigenvalue weighted by atomic mass is 10.1. The quantitative estimate of drug-likeness (QED) is 0.921. The molecule has 0 saturated heterocycles. The maximum atomic E-state index is 11.9. The summed E-state index contributed by atoms with van der Waals surface area (Å²) in [6.45, 7) is 2.48. The van der Waals surface area contributed by atoms with Crippen LogP contribution in [0.2, 0.25) is 0 Å². The van der Waals surface area contributed by atoms with Crippen molar-refractivity contribution in [2.45, 2.75) is 18.2 Å². The van der Waals surface area contributed by atoms with Gasteiger partial charge in [-0.1, -0.05) is 29.8 Å². The molecule has 0 aliphatic rings. The Hall–Kier alpha value is -2.14. The summed E-state index contributed by atoms with van der Waals surface area (Å²) in [7, 11) is -3.16. The van der Waals surface area contributed by atoms with Crippen molar-refractivity contribution in [3.05, 3.63) is 65.2 Å². The molecule has 0 atom stereocenters. The number of carbonyl (C=O) groups excluding carboxylic acids is 1. The topological polar surface area (TPSA) is 63.2 Å². The van der Waals surface area contributed by atoms with E-state index in [2.05, 4.69) is 5.32 Å². The van der Waals surface area contributed by atoms with Gasteiger partial charge in [-0.05, 0) is 43.2 Å². The Labute approximate surface area is 131 Å². The Kier molecular flexibility index (Phi) is 4.98. The fourth-order valence-electron chi connectivity index (χ4n) is 2.03. The molecule has 1 N–H and O–H groups in total. The summed E-state index contributed by atoms with van der Waals surface area (Å²) in [5.74, 6) is -0.104. The maximum Gasteiger partial charge on any atom is 0.251 e. The van der Waals surface area contributed by atoms with Crippen LogP contribution in [0.3, 0.4) is 0 Å². The van der Waals surface area contributed by atoms with Gasteiger partial charge in [0.25, 0.3) is 5.91 Å². The Morgan fingerprint density at radius 3 is 2.14 bits per heavy atom. The van der Waals surface area contributed by atoms with E-state index in [9.17, 15) is 13.2 Å². The summed E-state index contributed by atoms with van der Waals surface area (Å²) in [6.07, 6.45) is 1.84. The Bertz CT molecular complexity index is 747. The van der Waals surface area contributed by atoms with E-state index in [0.717, 1.165) is 11.1 Å². The number of sulfone groups is 1. The number of carbonyl (C=O) groups is 1. The molecule has 0 unspecified atom stereocenters. The average Bonchev–Trinajstić information content (AvgIpc) is 2.47. The number of rotatable bonds is 5. The number of benzene rings is 2. The molecule has 0 aliphatic heterocycles. The lowest BCUT2D eigenvalue weighted by molar-refractivity contribution is 0.0954. The molecule has 5 heteroatoms.